The Kier molecular flexibility index (Phi) is 7.03. The zero-order valence-corrected chi connectivity index (χ0v) is 16.9. The lowest BCUT2D eigenvalue weighted by Gasteiger charge is -2.06. The quantitative estimate of drug-likeness (QED) is 0.356. The number of benzene rings is 2. The topological polar surface area (TPSA) is 152 Å². The molecule has 0 saturated carbocycles. The van der Waals surface area contributed by atoms with Gasteiger partial charge in [-0.05, 0) is 30.3 Å². The molecule has 13 heteroatoms. The Bertz CT molecular complexity index is 1220. The molecule has 0 fully saturated rings. The summed E-state index contributed by atoms with van der Waals surface area (Å²) in [5, 5.41) is 22.3. The van der Waals surface area contributed by atoms with Crippen LogP contribution in [0.1, 0.15) is 5.82 Å². The first-order valence-corrected chi connectivity index (χ1v) is 9.39. The lowest BCUT2D eigenvalue weighted by molar-refractivity contribution is -0.192. The van der Waals surface area contributed by atoms with Crippen LogP contribution < -0.4 is 11.1 Å². The Hall–Kier alpha value is -4.26. The van der Waals surface area contributed by atoms with Crippen LogP contribution in [-0.4, -0.2) is 48.1 Å². The summed E-state index contributed by atoms with van der Waals surface area (Å²) in [4.78, 5) is 25.4. The highest BCUT2D eigenvalue weighted by Crippen LogP contribution is 2.18. The lowest BCUT2D eigenvalue weighted by atomic mass is 10.2. The van der Waals surface area contributed by atoms with Gasteiger partial charge in [-0.25, -0.2) is 9.78 Å². The molecule has 0 bridgehead atoms. The van der Waals surface area contributed by atoms with E-state index in [1.165, 1.54) is 0 Å². The number of alkyl halides is 3. The van der Waals surface area contributed by atoms with Crippen LogP contribution in [0.5, 0.6) is 0 Å². The number of aliphatic carboxylic acids is 1. The second kappa shape index (κ2) is 9.91. The lowest BCUT2D eigenvalue weighted by Crippen LogP contribution is -2.21. The molecular weight excluding hydrogens is 443 g/mol. The second-order valence-electron chi connectivity index (χ2n) is 6.62. The van der Waals surface area contributed by atoms with Crippen LogP contribution in [0.25, 0.3) is 22.3 Å². The number of nitrogens with two attached hydrogens (primary N) is 1. The van der Waals surface area contributed by atoms with Gasteiger partial charge >= 0.3 is 12.1 Å². The van der Waals surface area contributed by atoms with E-state index in [4.69, 9.17) is 15.6 Å². The Morgan fingerprint density at radius 3 is 2.36 bits per heavy atom. The average molecular weight is 461 g/mol. The van der Waals surface area contributed by atoms with E-state index < -0.39 is 12.1 Å². The van der Waals surface area contributed by atoms with E-state index in [-0.39, 0.29) is 12.5 Å². The van der Waals surface area contributed by atoms with Crippen molar-refractivity contribution in [3.63, 3.8) is 0 Å². The third-order valence-electron chi connectivity index (χ3n) is 4.16. The number of rotatable bonds is 5. The van der Waals surface area contributed by atoms with E-state index in [2.05, 4.69) is 25.6 Å². The minimum atomic E-state index is -5.08. The van der Waals surface area contributed by atoms with Crippen LogP contribution in [0.15, 0.2) is 54.7 Å². The molecule has 0 aliphatic carbocycles. The zero-order valence-electron chi connectivity index (χ0n) is 16.9. The Morgan fingerprint density at radius 1 is 1.12 bits per heavy atom. The van der Waals surface area contributed by atoms with Crippen molar-refractivity contribution in [3.05, 3.63) is 60.6 Å². The van der Waals surface area contributed by atoms with Gasteiger partial charge in [-0.2, -0.15) is 23.4 Å². The molecule has 4 aromatic rings. The van der Waals surface area contributed by atoms with Crippen molar-refractivity contribution in [1.29, 1.82) is 0 Å². The van der Waals surface area contributed by atoms with E-state index in [1.807, 2.05) is 54.7 Å². The number of carbonyl (C=O) groups is 2. The summed E-state index contributed by atoms with van der Waals surface area (Å²) in [6, 6.07) is 15.1. The largest absolute Gasteiger partial charge is 0.490 e. The maximum atomic E-state index is 12.2. The highest BCUT2D eigenvalue weighted by atomic mass is 19.4. The van der Waals surface area contributed by atoms with Crippen molar-refractivity contribution < 1.29 is 27.9 Å². The van der Waals surface area contributed by atoms with Crippen LogP contribution in [0.3, 0.4) is 0 Å². The first-order chi connectivity index (χ1) is 15.7. The number of carboxylic acids is 1. The molecule has 172 valence electrons. The predicted octanol–water partition coefficient (Wildman–Crippen LogP) is 2.55. The number of H-pyrrole nitrogens is 1. The van der Waals surface area contributed by atoms with E-state index in [9.17, 15) is 18.0 Å². The summed E-state index contributed by atoms with van der Waals surface area (Å²) in [7, 11) is 0. The number of anilines is 1. The molecule has 0 spiro atoms. The summed E-state index contributed by atoms with van der Waals surface area (Å²) in [6.07, 6.45) is -3.23. The first-order valence-electron chi connectivity index (χ1n) is 9.39. The van der Waals surface area contributed by atoms with Crippen molar-refractivity contribution >= 4 is 28.5 Å². The highest BCUT2D eigenvalue weighted by molar-refractivity contribution is 5.91. The molecule has 2 heterocycles. The summed E-state index contributed by atoms with van der Waals surface area (Å²) in [6.45, 7) is 0.459. The number of hydrogen-bond acceptors (Lipinski definition) is 6. The number of carboxylic acid groups (broad SMARTS) is 1. The molecule has 10 nitrogen and oxygen atoms in total. The number of carbonyl (C=O) groups excluding carboxylic acids is 1. The fourth-order valence-corrected chi connectivity index (χ4v) is 2.66. The molecular formula is C20H18F3N7O3. The molecule has 0 radical (unpaired) electrons. The number of fused-ring (bicyclic) bond motifs is 1. The van der Waals surface area contributed by atoms with Gasteiger partial charge < -0.3 is 16.2 Å². The summed E-state index contributed by atoms with van der Waals surface area (Å²) in [5.74, 6) is -1.70. The third kappa shape index (κ3) is 6.36. The van der Waals surface area contributed by atoms with E-state index in [0.717, 1.165) is 16.5 Å². The number of nitrogens with zero attached hydrogens (tertiary/aromatic N) is 4. The van der Waals surface area contributed by atoms with Crippen LogP contribution in [0, 0.1) is 0 Å². The van der Waals surface area contributed by atoms with E-state index in [1.54, 1.807) is 4.68 Å². The molecule has 5 N–H and O–H groups in total. The minimum Gasteiger partial charge on any atom is -0.475 e. The van der Waals surface area contributed by atoms with Gasteiger partial charge in [0.15, 0.2) is 5.82 Å². The molecule has 2 aromatic carbocycles. The maximum Gasteiger partial charge on any atom is 0.490 e. The number of hydrogen-bond donors (Lipinski definition) is 4. The van der Waals surface area contributed by atoms with E-state index >= 15 is 0 Å². The maximum absolute atomic E-state index is 12.2. The summed E-state index contributed by atoms with van der Waals surface area (Å²) in [5.41, 5.74) is 7.93. The Morgan fingerprint density at radius 2 is 1.79 bits per heavy atom. The molecule has 0 aliphatic rings. The monoisotopic (exact) mass is 461 g/mol. The highest BCUT2D eigenvalue weighted by Gasteiger charge is 2.38. The standard InChI is InChI=1S/C18H17N7O.C2HF3O2/c19-9-16-21-18(23-22-16)12-5-7-14(8-6-12)20-17(26)11-25-10-13-3-1-2-4-15(13)24-25;3-2(4,5)1(6)7/h1-8,10H,9,11,19H2,(H,20,26)(H,21,22,23);(H,6,7). The fourth-order valence-electron chi connectivity index (χ4n) is 2.66. The van der Waals surface area contributed by atoms with Crippen molar-refractivity contribution in [2.24, 2.45) is 5.73 Å². The predicted molar refractivity (Wildman–Crippen MR) is 112 cm³/mol. The summed E-state index contributed by atoms with van der Waals surface area (Å²) < 4.78 is 33.4. The number of aromatic nitrogens is 5. The van der Waals surface area contributed by atoms with Crippen molar-refractivity contribution in [2.75, 3.05) is 5.32 Å². The van der Waals surface area contributed by atoms with Crippen LogP contribution >= 0.6 is 0 Å². The van der Waals surface area contributed by atoms with Gasteiger partial charge in [0.05, 0.1) is 12.1 Å². The smallest absolute Gasteiger partial charge is 0.475 e. The zero-order chi connectivity index (χ0) is 24.0. The number of aromatic amines is 1. The van der Waals surface area contributed by atoms with Gasteiger partial charge in [0.2, 0.25) is 5.91 Å². The van der Waals surface area contributed by atoms with Crippen molar-refractivity contribution in [1.82, 2.24) is 25.0 Å². The molecule has 2 aromatic heterocycles. The average Bonchev–Trinajstić information content (AvgIpc) is 3.40. The van der Waals surface area contributed by atoms with Gasteiger partial charge in [-0.15, -0.1) is 0 Å². The molecule has 4 rings (SSSR count). The Balaban J connectivity index is 0.000000383. The minimum absolute atomic E-state index is 0.145. The van der Waals surface area contributed by atoms with E-state index in [0.29, 0.717) is 23.9 Å². The number of nitrogens with one attached hydrogen (secondary N) is 2. The van der Waals surface area contributed by atoms with Gasteiger partial charge in [0.25, 0.3) is 0 Å². The second-order valence-corrected chi connectivity index (χ2v) is 6.62. The van der Waals surface area contributed by atoms with Gasteiger partial charge in [-0.3, -0.25) is 14.6 Å². The molecule has 0 unspecified atom stereocenters. The Labute approximate surface area is 184 Å². The van der Waals surface area contributed by atoms with Crippen LogP contribution in [-0.2, 0) is 22.7 Å². The normalized spacial score (nSPS) is 11.0. The SMILES string of the molecule is NCc1nc(-c2ccc(NC(=O)Cn3cc4ccccc4n3)cc2)n[nH]1.O=C(O)C(F)(F)F. The van der Waals surface area contributed by atoms with Crippen LogP contribution in [0.4, 0.5) is 18.9 Å². The van der Waals surface area contributed by atoms with Crippen molar-refractivity contribution in [3.8, 4) is 11.4 Å². The number of halogens is 3. The van der Waals surface area contributed by atoms with Gasteiger partial charge in [0.1, 0.15) is 12.4 Å². The number of amides is 1. The van der Waals surface area contributed by atoms with Gasteiger partial charge in [0, 0.05) is 22.8 Å². The molecule has 1 amide bonds. The van der Waals surface area contributed by atoms with Crippen molar-refractivity contribution in [2.45, 2.75) is 19.3 Å². The molecule has 0 saturated heterocycles. The molecule has 33 heavy (non-hydrogen) atoms. The molecule has 0 atom stereocenters. The first kappa shape index (κ1) is 23.4. The third-order valence-corrected chi connectivity index (χ3v) is 4.16. The fraction of sp³-hybridized carbons (Fsp3) is 0.150. The van der Waals surface area contributed by atoms with Crippen LogP contribution in [0.2, 0.25) is 0 Å². The molecule has 0 aliphatic heterocycles. The van der Waals surface area contributed by atoms with Gasteiger partial charge in [-0.1, -0.05) is 18.2 Å². The summed E-state index contributed by atoms with van der Waals surface area (Å²) >= 11 is 0.